The normalized spacial score (nSPS) is 10.0. The van der Waals surface area contributed by atoms with Gasteiger partial charge in [-0.1, -0.05) is 12.1 Å². The van der Waals surface area contributed by atoms with Crippen LogP contribution in [0.2, 0.25) is 0 Å². The largest absolute Gasteiger partial charge is 0.493 e. The van der Waals surface area contributed by atoms with Gasteiger partial charge in [-0.25, -0.2) is 0 Å². The van der Waals surface area contributed by atoms with Gasteiger partial charge in [0.2, 0.25) is 0 Å². The molecule has 0 amide bonds. The molecule has 0 unspecified atom stereocenters. The number of carbonyl (C=O) groups excluding carboxylic acids is 1. The predicted octanol–water partition coefficient (Wildman–Crippen LogP) is 2.84. The molecule has 0 saturated carbocycles. The maximum Gasteiger partial charge on any atom is 0.280 e. The molecule has 0 radical (unpaired) electrons. The van der Waals surface area contributed by atoms with Gasteiger partial charge >= 0.3 is 0 Å². The molecule has 0 heterocycles. The molecule has 0 saturated heterocycles. The Kier molecular flexibility index (Phi) is 4.18. The summed E-state index contributed by atoms with van der Waals surface area (Å²) in [6.45, 7) is 0. The van der Waals surface area contributed by atoms with Gasteiger partial charge in [-0.2, -0.15) is 0 Å². The van der Waals surface area contributed by atoms with E-state index in [-0.39, 0.29) is 11.3 Å². The lowest BCUT2D eigenvalue weighted by Crippen LogP contribution is -2.06. The van der Waals surface area contributed by atoms with E-state index in [2.05, 4.69) is 0 Å². The van der Waals surface area contributed by atoms with Crippen molar-refractivity contribution in [2.75, 3.05) is 14.2 Å². The topological polar surface area (TPSA) is 78.7 Å². The van der Waals surface area contributed by atoms with E-state index in [1.54, 1.807) is 18.2 Å². The van der Waals surface area contributed by atoms with Crippen LogP contribution in [-0.2, 0) is 0 Å². The molecule has 0 N–H and O–H groups in total. The average Bonchev–Trinajstić information content (AvgIpc) is 2.53. The van der Waals surface area contributed by atoms with E-state index in [0.717, 1.165) is 0 Å². The number of para-hydroxylation sites is 1. The van der Waals surface area contributed by atoms with Gasteiger partial charge in [0, 0.05) is 11.6 Å². The standard InChI is InChI=1S/C15H13NO5/c1-20-13-8-7-10(9-14(13)21-2)15(17)11-5-3-4-6-12(11)16(18)19/h3-9H,1-2H3. The fraction of sp³-hybridized carbons (Fsp3) is 0.133. The Hall–Kier alpha value is -2.89. The van der Waals surface area contributed by atoms with Crippen LogP contribution >= 0.6 is 0 Å². The lowest BCUT2D eigenvalue weighted by atomic mass is 10.0. The first-order valence-electron chi connectivity index (χ1n) is 6.08. The molecule has 0 fully saturated rings. The second-order valence-corrected chi connectivity index (χ2v) is 4.17. The van der Waals surface area contributed by atoms with E-state index in [4.69, 9.17) is 9.47 Å². The average molecular weight is 287 g/mol. The third kappa shape index (κ3) is 2.84. The number of hydrogen-bond donors (Lipinski definition) is 0. The van der Waals surface area contributed by atoms with Crippen LogP contribution in [0.5, 0.6) is 11.5 Å². The highest BCUT2D eigenvalue weighted by molar-refractivity contribution is 6.11. The third-order valence-electron chi connectivity index (χ3n) is 2.99. The van der Waals surface area contributed by atoms with Crippen LogP contribution in [0.3, 0.4) is 0 Å². The van der Waals surface area contributed by atoms with Crippen molar-refractivity contribution in [3.05, 3.63) is 63.7 Å². The zero-order valence-corrected chi connectivity index (χ0v) is 11.5. The molecular weight excluding hydrogens is 274 g/mol. The van der Waals surface area contributed by atoms with Crippen molar-refractivity contribution in [3.8, 4) is 11.5 Å². The Labute approximate surface area is 121 Å². The Morgan fingerprint density at radius 3 is 2.33 bits per heavy atom. The number of methoxy groups -OCH3 is 2. The monoisotopic (exact) mass is 287 g/mol. The first-order valence-corrected chi connectivity index (χ1v) is 6.08. The minimum absolute atomic E-state index is 0.0368. The van der Waals surface area contributed by atoms with Gasteiger partial charge < -0.3 is 9.47 Å². The molecular formula is C15H13NO5. The highest BCUT2D eigenvalue weighted by atomic mass is 16.6. The smallest absolute Gasteiger partial charge is 0.280 e. The van der Waals surface area contributed by atoms with Crippen molar-refractivity contribution >= 4 is 11.5 Å². The second-order valence-electron chi connectivity index (χ2n) is 4.17. The minimum atomic E-state index is -0.575. The lowest BCUT2D eigenvalue weighted by Gasteiger charge is -2.09. The van der Waals surface area contributed by atoms with Crippen molar-refractivity contribution in [1.82, 2.24) is 0 Å². The summed E-state index contributed by atoms with van der Waals surface area (Å²) in [5, 5.41) is 11.0. The van der Waals surface area contributed by atoms with Crippen molar-refractivity contribution in [2.24, 2.45) is 0 Å². The summed E-state index contributed by atoms with van der Waals surface area (Å²) < 4.78 is 10.2. The SMILES string of the molecule is COc1ccc(C(=O)c2ccccc2[N+](=O)[O-])cc1OC. The Bertz CT molecular complexity index is 696. The number of rotatable bonds is 5. The Balaban J connectivity index is 2.48. The van der Waals surface area contributed by atoms with Crippen LogP contribution in [0.25, 0.3) is 0 Å². The first-order chi connectivity index (χ1) is 10.1. The molecule has 0 spiro atoms. The molecule has 2 aromatic carbocycles. The van der Waals surface area contributed by atoms with E-state index < -0.39 is 10.7 Å². The summed E-state index contributed by atoms with van der Waals surface area (Å²) in [5.41, 5.74) is 0.106. The summed E-state index contributed by atoms with van der Waals surface area (Å²) in [5.74, 6) is 0.432. The maximum absolute atomic E-state index is 12.4. The fourth-order valence-electron chi connectivity index (χ4n) is 1.96. The number of hydrogen-bond acceptors (Lipinski definition) is 5. The molecule has 0 atom stereocenters. The number of carbonyl (C=O) groups is 1. The van der Waals surface area contributed by atoms with Crippen LogP contribution in [0.1, 0.15) is 15.9 Å². The van der Waals surface area contributed by atoms with Crippen LogP contribution in [0, 0.1) is 10.1 Å². The van der Waals surface area contributed by atoms with Crippen molar-refractivity contribution < 1.29 is 19.2 Å². The van der Waals surface area contributed by atoms with Gasteiger partial charge in [0.1, 0.15) is 5.56 Å². The summed E-state index contributed by atoms with van der Waals surface area (Å²) in [6, 6.07) is 10.5. The highest BCUT2D eigenvalue weighted by Gasteiger charge is 2.21. The van der Waals surface area contributed by atoms with Crippen molar-refractivity contribution in [3.63, 3.8) is 0 Å². The van der Waals surface area contributed by atoms with Gasteiger partial charge in [-0.05, 0) is 24.3 Å². The predicted molar refractivity (Wildman–Crippen MR) is 76.1 cm³/mol. The molecule has 0 aliphatic rings. The fourth-order valence-corrected chi connectivity index (χ4v) is 1.96. The molecule has 108 valence electrons. The van der Waals surface area contributed by atoms with E-state index in [9.17, 15) is 14.9 Å². The number of ketones is 1. The van der Waals surface area contributed by atoms with Gasteiger partial charge in [0.15, 0.2) is 17.3 Å². The second kappa shape index (κ2) is 6.04. The van der Waals surface area contributed by atoms with Gasteiger partial charge in [0.05, 0.1) is 19.1 Å². The molecule has 6 nitrogen and oxygen atoms in total. The Morgan fingerprint density at radius 2 is 1.71 bits per heavy atom. The quantitative estimate of drug-likeness (QED) is 0.480. The number of nitrogens with zero attached hydrogens (tertiary/aromatic N) is 1. The van der Waals surface area contributed by atoms with E-state index in [1.807, 2.05) is 0 Å². The summed E-state index contributed by atoms with van der Waals surface area (Å²) in [6.07, 6.45) is 0. The molecule has 0 aliphatic carbocycles. The van der Waals surface area contributed by atoms with Crippen LogP contribution in [0.4, 0.5) is 5.69 Å². The van der Waals surface area contributed by atoms with Crippen LogP contribution < -0.4 is 9.47 Å². The van der Waals surface area contributed by atoms with Gasteiger partial charge in [-0.3, -0.25) is 14.9 Å². The maximum atomic E-state index is 12.4. The number of ether oxygens (including phenoxy) is 2. The number of nitro benzene ring substituents is 1. The van der Waals surface area contributed by atoms with Crippen molar-refractivity contribution in [1.29, 1.82) is 0 Å². The first kappa shape index (κ1) is 14.5. The molecule has 2 rings (SSSR count). The highest BCUT2D eigenvalue weighted by Crippen LogP contribution is 2.29. The van der Waals surface area contributed by atoms with E-state index in [0.29, 0.717) is 17.1 Å². The molecule has 6 heteroatoms. The molecule has 0 aromatic heterocycles. The van der Waals surface area contributed by atoms with Gasteiger partial charge in [-0.15, -0.1) is 0 Å². The summed E-state index contributed by atoms with van der Waals surface area (Å²) in [7, 11) is 2.94. The minimum Gasteiger partial charge on any atom is -0.493 e. The number of nitro groups is 1. The Morgan fingerprint density at radius 1 is 1.05 bits per heavy atom. The zero-order chi connectivity index (χ0) is 15.4. The lowest BCUT2D eigenvalue weighted by molar-refractivity contribution is -0.385. The van der Waals surface area contributed by atoms with E-state index >= 15 is 0 Å². The van der Waals surface area contributed by atoms with E-state index in [1.165, 1.54) is 38.5 Å². The number of benzene rings is 2. The third-order valence-corrected chi connectivity index (χ3v) is 2.99. The molecule has 21 heavy (non-hydrogen) atoms. The van der Waals surface area contributed by atoms with Crippen LogP contribution in [0.15, 0.2) is 42.5 Å². The molecule has 0 aliphatic heterocycles. The molecule has 0 bridgehead atoms. The van der Waals surface area contributed by atoms with Crippen molar-refractivity contribution in [2.45, 2.75) is 0 Å². The zero-order valence-electron chi connectivity index (χ0n) is 11.5. The summed E-state index contributed by atoms with van der Waals surface area (Å²) in [4.78, 5) is 22.9. The van der Waals surface area contributed by atoms with Crippen LogP contribution in [-0.4, -0.2) is 24.9 Å². The summed E-state index contributed by atoms with van der Waals surface area (Å²) >= 11 is 0. The van der Waals surface area contributed by atoms with Gasteiger partial charge in [0.25, 0.3) is 5.69 Å². The molecule has 2 aromatic rings.